The van der Waals surface area contributed by atoms with Crippen LogP contribution in [0.1, 0.15) is 5.89 Å². The molecule has 0 atom stereocenters. The molecule has 2 amide bonds. The Morgan fingerprint density at radius 2 is 1.84 bits per heavy atom. The number of aromatic nitrogens is 3. The van der Waals surface area contributed by atoms with Crippen molar-refractivity contribution in [3.63, 3.8) is 0 Å². The molecule has 25 heavy (non-hydrogen) atoms. The van der Waals surface area contributed by atoms with Crippen LogP contribution in [0, 0.1) is 0 Å². The van der Waals surface area contributed by atoms with Gasteiger partial charge in [0.05, 0.1) is 23.8 Å². The molecule has 2 heterocycles. The number of amides is 2. The van der Waals surface area contributed by atoms with Crippen LogP contribution in [0.2, 0.25) is 0 Å². The molecule has 0 saturated heterocycles. The lowest BCUT2D eigenvalue weighted by Gasteiger charge is -2.07. The molecule has 2 aromatic heterocycles. The van der Waals surface area contributed by atoms with Crippen molar-refractivity contribution in [3.8, 4) is 11.3 Å². The lowest BCUT2D eigenvalue weighted by molar-refractivity contribution is 0.248. The summed E-state index contributed by atoms with van der Waals surface area (Å²) in [7, 11) is 0. The summed E-state index contributed by atoms with van der Waals surface area (Å²) in [6, 6.07) is 16.8. The van der Waals surface area contributed by atoms with Gasteiger partial charge in [-0.15, -0.1) is 0 Å². The number of nitrogens with one attached hydrogen (secondary N) is 2. The van der Waals surface area contributed by atoms with Crippen LogP contribution in [-0.2, 0) is 6.54 Å². The number of para-hydroxylation sites is 2. The molecule has 0 aliphatic rings. The molecule has 4 rings (SSSR count). The zero-order valence-electron chi connectivity index (χ0n) is 13.2. The highest BCUT2D eigenvalue weighted by Gasteiger charge is 2.09. The Bertz CT molecular complexity index is 1010. The summed E-state index contributed by atoms with van der Waals surface area (Å²) in [6.07, 6.45) is 3.20. The quantitative estimate of drug-likeness (QED) is 0.601. The molecule has 2 aromatic carbocycles. The van der Waals surface area contributed by atoms with Crippen LogP contribution in [0.15, 0.2) is 71.5 Å². The van der Waals surface area contributed by atoms with Crippen LogP contribution in [0.25, 0.3) is 22.4 Å². The number of imidazole rings is 1. The predicted octanol–water partition coefficient (Wildman–Crippen LogP) is 3.14. The monoisotopic (exact) mass is 333 g/mol. The van der Waals surface area contributed by atoms with Gasteiger partial charge in [-0.1, -0.05) is 42.5 Å². The van der Waals surface area contributed by atoms with Crippen molar-refractivity contribution in [2.45, 2.75) is 6.54 Å². The first-order valence-corrected chi connectivity index (χ1v) is 7.77. The van der Waals surface area contributed by atoms with Gasteiger partial charge in [-0.2, -0.15) is 0 Å². The number of benzene rings is 2. The van der Waals surface area contributed by atoms with Crippen LogP contribution in [0.3, 0.4) is 0 Å². The molecule has 2 N–H and O–H groups in total. The van der Waals surface area contributed by atoms with E-state index in [1.807, 2.05) is 54.6 Å². The predicted molar refractivity (Wildman–Crippen MR) is 93.3 cm³/mol. The zero-order chi connectivity index (χ0) is 17.1. The first-order valence-electron chi connectivity index (χ1n) is 7.77. The van der Waals surface area contributed by atoms with E-state index in [1.165, 1.54) is 0 Å². The second-order valence-electron chi connectivity index (χ2n) is 5.38. The highest BCUT2D eigenvalue weighted by Crippen LogP contribution is 2.19. The summed E-state index contributed by atoms with van der Waals surface area (Å²) >= 11 is 0. The third kappa shape index (κ3) is 3.20. The molecular weight excluding hydrogens is 318 g/mol. The lowest BCUT2D eigenvalue weighted by atomic mass is 10.2. The van der Waals surface area contributed by atoms with Gasteiger partial charge in [0.15, 0.2) is 5.76 Å². The Kier molecular flexibility index (Phi) is 3.88. The Morgan fingerprint density at radius 3 is 2.72 bits per heavy atom. The summed E-state index contributed by atoms with van der Waals surface area (Å²) in [4.78, 5) is 20.5. The first kappa shape index (κ1) is 14.9. The summed E-state index contributed by atoms with van der Waals surface area (Å²) < 4.78 is 7.22. The molecule has 7 heteroatoms. The number of oxazole rings is 1. The third-order valence-electron chi connectivity index (χ3n) is 3.69. The van der Waals surface area contributed by atoms with Crippen molar-refractivity contribution in [2.75, 3.05) is 5.43 Å². The van der Waals surface area contributed by atoms with Crippen molar-refractivity contribution in [1.82, 2.24) is 20.0 Å². The summed E-state index contributed by atoms with van der Waals surface area (Å²) in [6.45, 7) is 0.186. The van der Waals surface area contributed by atoms with E-state index in [2.05, 4.69) is 20.7 Å². The van der Waals surface area contributed by atoms with E-state index in [4.69, 9.17) is 4.42 Å². The fourth-order valence-corrected chi connectivity index (χ4v) is 2.48. The molecule has 124 valence electrons. The Morgan fingerprint density at radius 1 is 1.04 bits per heavy atom. The number of fused-ring (bicyclic) bond motifs is 1. The van der Waals surface area contributed by atoms with E-state index in [9.17, 15) is 4.79 Å². The van der Waals surface area contributed by atoms with Gasteiger partial charge < -0.3 is 9.73 Å². The minimum Gasteiger partial charge on any atom is -0.439 e. The number of hydrogen-bond donors (Lipinski definition) is 2. The summed E-state index contributed by atoms with van der Waals surface area (Å²) in [5, 5.41) is 2.71. The number of rotatable bonds is 4. The van der Waals surface area contributed by atoms with Gasteiger partial charge in [0.2, 0.25) is 5.89 Å². The van der Waals surface area contributed by atoms with E-state index in [-0.39, 0.29) is 12.6 Å². The van der Waals surface area contributed by atoms with Crippen LogP contribution in [0.4, 0.5) is 4.79 Å². The number of carbonyl (C=O) groups is 1. The molecule has 7 nitrogen and oxygen atoms in total. The number of hydrogen-bond acceptors (Lipinski definition) is 4. The van der Waals surface area contributed by atoms with E-state index in [0.717, 1.165) is 16.6 Å². The molecule has 0 aliphatic carbocycles. The van der Waals surface area contributed by atoms with Gasteiger partial charge in [-0.05, 0) is 12.1 Å². The topological polar surface area (TPSA) is 85.0 Å². The minimum atomic E-state index is -0.373. The molecule has 0 unspecified atom stereocenters. The van der Waals surface area contributed by atoms with Crippen LogP contribution in [0.5, 0.6) is 0 Å². The van der Waals surface area contributed by atoms with E-state index >= 15 is 0 Å². The zero-order valence-corrected chi connectivity index (χ0v) is 13.2. The van der Waals surface area contributed by atoms with Gasteiger partial charge in [0.1, 0.15) is 6.33 Å². The van der Waals surface area contributed by atoms with Crippen LogP contribution in [-0.4, -0.2) is 20.7 Å². The third-order valence-corrected chi connectivity index (χ3v) is 3.69. The molecule has 4 aromatic rings. The van der Waals surface area contributed by atoms with Crippen molar-refractivity contribution < 1.29 is 9.21 Å². The Labute approximate surface area is 143 Å². The van der Waals surface area contributed by atoms with Gasteiger partial charge in [-0.3, -0.25) is 0 Å². The highest BCUT2D eigenvalue weighted by atomic mass is 16.4. The normalized spacial score (nSPS) is 10.7. The molecule has 0 aliphatic heterocycles. The first-order chi connectivity index (χ1) is 12.3. The van der Waals surface area contributed by atoms with Crippen LogP contribution >= 0.6 is 0 Å². The van der Waals surface area contributed by atoms with E-state index in [0.29, 0.717) is 11.7 Å². The van der Waals surface area contributed by atoms with Crippen molar-refractivity contribution >= 4 is 17.1 Å². The smallest absolute Gasteiger partial charge is 0.334 e. The molecule has 0 bridgehead atoms. The van der Waals surface area contributed by atoms with Crippen molar-refractivity contribution in [1.29, 1.82) is 0 Å². The maximum absolute atomic E-state index is 12.1. The fourth-order valence-electron chi connectivity index (χ4n) is 2.48. The van der Waals surface area contributed by atoms with E-state index < -0.39 is 0 Å². The Balaban J connectivity index is 1.38. The van der Waals surface area contributed by atoms with Crippen molar-refractivity contribution in [3.05, 3.63) is 73.0 Å². The van der Waals surface area contributed by atoms with Gasteiger partial charge in [0.25, 0.3) is 0 Å². The van der Waals surface area contributed by atoms with Gasteiger partial charge in [0, 0.05) is 5.56 Å². The summed E-state index contributed by atoms with van der Waals surface area (Å²) in [5.74, 6) is 1.10. The number of urea groups is 1. The molecule has 0 fully saturated rings. The maximum Gasteiger partial charge on any atom is 0.334 e. The summed E-state index contributed by atoms with van der Waals surface area (Å²) in [5.41, 5.74) is 5.28. The molecule has 0 radical (unpaired) electrons. The standard InChI is InChI=1S/C18H15N5O2/c24-18(22-23-12-21-14-8-4-5-9-15(14)23)20-11-17-19-10-16(25-17)13-6-2-1-3-7-13/h1-10,12H,11H2,(H2,20,22,24). The minimum absolute atomic E-state index is 0.186. The SMILES string of the molecule is O=C(NCc1ncc(-c2ccccc2)o1)Nn1cnc2ccccc21. The second-order valence-corrected chi connectivity index (χ2v) is 5.38. The highest BCUT2D eigenvalue weighted by molar-refractivity contribution is 5.84. The second kappa shape index (κ2) is 6.48. The van der Waals surface area contributed by atoms with Gasteiger partial charge in [-0.25, -0.2) is 24.9 Å². The molecule has 0 spiro atoms. The number of nitrogens with zero attached hydrogens (tertiary/aromatic N) is 3. The largest absolute Gasteiger partial charge is 0.439 e. The molecular formula is C18H15N5O2. The van der Waals surface area contributed by atoms with Crippen LogP contribution < -0.4 is 10.7 Å². The number of carbonyl (C=O) groups excluding carboxylic acids is 1. The lowest BCUT2D eigenvalue weighted by Crippen LogP contribution is -2.33. The maximum atomic E-state index is 12.1. The van der Waals surface area contributed by atoms with E-state index in [1.54, 1.807) is 17.2 Å². The van der Waals surface area contributed by atoms with Gasteiger partial charge >= 0.3 is 6.03 Å². The fraction of sp³-hybridized carbons (Fsp3) is 0.0556. The average molecular weight is 333 g/mol. The Hall–Kier alpha value is -3.61. The van der Waals surface area contributed by atoms with Crippen molar-refractivity contribution in [2.24, 2.45) is 0 Å². The average Bonchev–Trinajstić information content (AvgIpc) is 3.28. The molecule has 0 saturated carbocycles.